The number of benzene rings is 1. The summed E-state index contributed by atoms with van der Waals surface area (Å²) in [4.78, 5) is 12.7. The van der Waals surface area contributed by atoms with Crippen LogP contribution in [0.1, 0.15) is 52.1 Å². The Balaban J connectivity index is 1.81. The molecule has 0 saturated heterocycles. The van der Waals surface area contributed by atoms with Crippen molar-refractivity contribution in [2.24, 2.45) is 16.7 Å². The third-order valence-electron chi connectivity index (χ3n) is 6.15. The number of carbonyl (C=O) groups is 1. The molecule has 1 aromatic rings. The summed E-state index contributed by atoms with van der Waals surface area (Å²) in [6.45, 7) is 8.79. The SMILES string of the molecule is CC(N/C=C1\C(=O)C2(C)CCC1C2(C)C)c1ccccc1. The van der Waals surface area contributed by atoms with E-state index in [1.165, 1.54) is 5.56 Å². The number of hydrogen-bond acceptors (Lipinski definition) is 2. The molecule has 0 radical (unpaired) electrons. The quantitative estimate of drug-likeness (QED) is 0.840. The van der Waals surface area contributed by atoms with Crippen LogP contribution >= 0.6 is 0 Å². The fraction of sp³-hybridized carbons (Fsp3) is 0.526. The third kappa shape index (κ3) is 1.96. The average Bonchev–Trinajstić information content (AvgIpc) is 2.78. The lowest BCUT2D eigenvalue weighted by Gasteiger charge is -2.31. The van der Waals surface area contributed by atoms with Crippen molar-refractivity contribution in [3.05, 3.63) is 47.7 Å². The maximum Gasteiger partial charge on any atom is 0.167 e. The van der Waals surface area contributed by atoms with Gasteiger partial charge >= 0.3 is 0 Å². The summed E-state index contributed by atoms with van der Waals surface area (Å²) in [5, 5.41) is 3.43. The molecule has 2 fully saturated rings. The molecule has 21 heavy (non-hydrogen) atoms. The van der Waals surface area contributed by atoms with Crippen LogP contribution < -0.4 is 5.32 Å². The summed E-state index contributed by atoms with van der Waals surface area (Å²) < 4.78 is 0. The van der Waals surface area contributed by atoms with Crippen LogP contribution in [0.15, 0.2) is 42.1 Å². The molecule has 1 N–H and O–H groups in total. The lowest BCUT2D eigenvalue weighted by Crippen LogP contribution is -2.32. The minimum absolute atomic E-state index is 0.0909. The van der Waals surface area contributed by atoms with Crippen molar-refractivity contribution >= 4 is 5.78 Å². The topological polar surface area (TPSA) is 29.1 Å². The molecule has 2 aliphatic rings. The zero-order valence-corrected chi connectivity index (χ0v) is 13.4. The van der Waals surface area contributed by atoms with Crippen LogP contribution in [0.3, 0.4) is 0 Å². The number of carbonyl (C=O) groups excluding carboxylic acids is 1. The Morgan fingerprint density at radius 3 is 2.48 bits per heavy atom. The minimum Gasteiger partial charge on any atom is -0.384 e. The summed E-state index contributed by atoms with van der Waals surface area (Å²) in [6.07, 6.45) is 4.17. The number of hydrogen-bond donors (Lipinski definition) is 1. The second-order valence-corrected chi connectivity index (χ2v) is 7.37. The number of fused-ring (bicyclic) bond motifs is 2. The fourth-order valence-electron chi connectivity index (χ4n) is 4.15. The van der Waals surface area contributed by atoms with Crippen molar-refractivity contribution in [1.82, 2.24) is 5.32 Å². The molecule has 0 heterocycles. The molecule has 2 saturated carbocycles. The highest BCUT2D eigenvalue weighted by Gasteiger charge is 2.63. The van der Waals surface area contributed by atoms with E-state index < -0.39 is 0 Å². The standard InChI is InChI=1S/C19H25NO/c1-13(14-8-6-5-7-9-14)20-12-15-16-10-11-19(4,17(15)21)18(16,2)3/h5-9,12-13,16,20H,10-11H2,1-4H3/b15-12-. The fourth-order valence-corrected chi connectivity index (χ4v) is 4.15. The predicted molar refractivity (Wildman–Crippen MR) is 85.7 cm³/mol. The van der Waals surface area contributed by atoms with Crippen LogP contribution in [-0.2, 0) is 4.79 Å². The number of ketones is 1. The van der Waals surface area contributed by atoms with Crippen LogP contribution in [-0.4, -0.2) is 5.78 Å². The Hall–Kier alpha value is -1.57. The van der Waals surface area contributed by atoms with Gasteiger partial charge in [-0.15, -0.1) is 0 Å². The number of rotatable bonds is 3. The largest absolute Gasteiger partial charge is 0.384 e. The van der Waals surface area contributed by atoms with Crippen molar-refractivity contribution in [3.63, 3.8) is 0 Å². The zero-order valence-electron chi connectivity index (χ0n) is 13.4. The number of allylic oxidation sites excluding steroid dienone is 1. The first-order valence-corrected chi connectivity index (χ1v) is 7.94. The third-order valence-corrected chi connectivity index (χ3v) is 6.15. The van der Waals surface area contributed by atoms with Crippen LogP contribution in [0.2, 0.25) is 0 Å². The van der Waals surface area contributed by atoms with Gasteiger partial charge in [0.15, 0.2) is 5.78 Å². The van der Waals surface area contributed by atoms with Gasteiger partial charge in [0.1, 0.15) is 0 Å². The molecule has 0 amide bonds. The highest BCUT2D eigenvalue weighted by Crippen LogP contribution is 2.65. The molecule has 2 bridgehead atoms. The Morgan fingerprint density at radius 1 is 1.24 bits per heavy atom. The van der Waals surface area contributed by atoms with Crippen molar-refractivity contribution in [2.75, 3.05) is 0 Å². The van der Waals surface area contributed by atoms with E-state index in [0.717, 1.165) is 18.4 Å². The van der Waals surface area contributed by atoms with Gasteiger partial charge in [-0.1, -0.05) is 51.1 Å². The molecule has 1 aromatic carbocycles. The second-order valence-electron chi connectivity index (χ2n) is 7.37. The van der Waals surface area contributed by atoms with E-state index >= 15 is 0 Å². The Bertz CT molecular complexity index is 587. The Labute approximate surface area is 127 Å². The predicted octanol–water partition coefficient (Wildman–Crippen LogP) is 4.25. The number of Topliss-reactive ketones (excluding diaryl/α,β-unsaturated/α-hetero) is 1. The van der Waals surface area contributed by atoms with E-state index in [1.54, 1.807) is 0 Å². The van der Waals surface area contributed by atoms with E-state index in [1.807, 2.05) is 24.4 Å². The van der Waals surface area contributed by atoms with E-state index in [0.29, 0.717) is 11.7 Å². The van der Waals surface area contributed by atoms with Crippen LogP contribution in [0, 0.1) is 16.7 Å². The van der Waals surface area contributed by atoms with Gasteiger partial charge in [-0.3, -0.25) is 4.79 Å². The maximum atomic E-state index is 12.7. The second kappa shape index (κ2) is 4.72. The van der Waals surface area contributed by atoms with Gasteiger partial charge in [-0.2, -0.15) is 0 Å². The first kappa shape index (κ1) is 14.4. The average molecular weight is 283 g/mol. The monoisotopic (exact) mass is 283 g/mol. The molecule has 0 aromatic heterocycles. The van der Waals surface area contributed by atoms with Crippen molar-refractivity contribution in [1.29, 1.82) is 0 Å². The van der Waals surface area contributed by atoms with E-state index in [2.05, 4.69) is 45.1 Å². The van der Waals surface area contributed by atoms with E-state index in [4.69, 9.17) is 0 Å². The molecule has 3 rings (SSSR count). The molecule has 2 heteroatoms. The van der Waals surface area contributed by atoms with Gasteiger partial charge in [0, 0.05) is 23.2 Å². The van der Waals surface area contributed by atoms with Gasteiger partial charge < -0.3 is 5.32 Å². The zero-order chi connectivity index (χ0) is 15.3. The van der Waals surface area contributed by atoms with Gasteiger partial charge in [0.2, 0.25) is 0 Å². The van der Waals surface area contributed by atoms with E-state index in [-0.39, 0.29) is 16.9 Å². The molecule has 0 aliphatic heterocycles. The lowest BCUT2D eigenvalue weighted by atomic mass is 9.70. The Kier molecular flexibility index (Phi) is 3.23. The Morgan fingerprint density at radius 2 is 1.90 bits per heavy atom. The maximum absolute atomic E-state index is 12.7. The minimum atomic E-state index is -0.166. The molecule has 3 unspecified atom stereocenters. The first-order valence-electron chi connectivity index (χ1n) is 7.94. The molecule has 0 spiro atoms. The van der Waals surface area contributed by atoms with Crippen molar-refractivity contribution in [2.45, 2.75) is 46.6 Å². The molecule has 2 nitrogen and oxygen atoms in total. The molecular weight excluding hydrogens is 258 g/mol. The number of nitrogens with one attached hydrogen (secondary N) is 1. The van der Waals surface area contributed by atoms with Gasteiger partial charge in [-0.25, -0.2) is 0 Å². The van der Waals surface area contributed by atoms with Gasteiger partial charge in [0.25, 0.3) is 0 Å². The first-order chi connectivity index (χ1) is 9.88. The van der Waals surface area contributed by atoms with Crippen LogP contribution in [0.5, 0.6) is 0 Å². The molecular formula is C19H25NO. The summed E-state index contributed by atoms with van der Waals surface area (Å²) in [7, 11) is 0. The van der Waals surface area contributed by atoms with Crippen molar-refractivity contribution in [3.8, 4) is 0 Å². The lowest BCUT2D eigenvalue weighted by molar-refractivity contribution is -0.125. The smallest absolute Gasteiger partial charge is 0.167 e. The molecule has 112 valence electrons. The van der Waals surface area contributed by atoms with E-state index in [9.17, 15) is 4.79 Å². The van der Waals surface area contributed by atoms with Crippen molar-refractivity contribution < 1.29 is 4.79 Å². The summed E-state index contributed by atoms with van der Waals surface area (Å²) in [6, 6.07) is 10.6. The van der Waals surface area contributed by atoms with Gasteiger partial charge in [0.05, 0.1) is 0 Å². The molecule has 3 atom stereocenters. The summed E-state index contributed by atoms with van der Waals surface area (Å²) >= 11 is 0. The van der Waals surface area contributed by atoms with Crippen LogP contribution in [0.25, 0.3) is 0 Å². The summed E-state index contributed by atoms with van der Waals surface area (Å²) in [5.74, 6) is 0.766. The van der Waals surface area contributed by atoms with Gasteiger partial charge in [-0.05, 0) is 36.7 Å². The normalized spacial score (nSPS) is 33.4. The highest BCUT2D eigenvalue weighted by atomic mass is 16.1. The molecule has 2 aliphatic carbocycles. The van der Waals surface area contributed by atoms with Crippen LogP contribution in [0.4, 0.5) is 0 Å². The highest BCUT2D eigenvalue weighted by molar-refractivity contribution is 6.04. The summed E-state index contributed by atoms with van der Waals surface area (Å²) in [5.41, 5.74) is 2.18.